The van der Waals surface area contributed by atoms with E-state index in [4.69, 9.17) is 23.2 Å². The summed E-state index contributed by atoms with van der Waals surface area (Å²) < 4.78 is 0. The Bertz CT molecular complexity index is 496. The molecule has 0 radical (unpaired) electrons. The van der Waals surface area contributed by atoms with E-state index < -0.39 is 0 Å². The third-order valence-electron chi connectivity index (χ3n) is 2.89. The highest BCUT2D eigenvalue weighted by atomic mass is 35.5. The monoisotopic (exact) mass is 325 g/mol. The molecule has 0 amide bonds. The van der Waals surface area contributed by atoms with E-state index in [1.54, 1.807) is 11.8 Å². The van der Waals surface area contributed by atoms with Gasteiger partial charge < -0.3 is 4.90 Å². The van der Waals surface area contributed by atoms with E-state index >= 15 is 0 Å². The number of benzene rings is 2. The summed E-state index contributed by atoms with van der Waals surface area (Å²) in [6.45, 7) is 1.64. The van der Waals surface area contributed by atoms with Crippen LogP contribution in [0, 0.1) is 0 Å². The van der Waals surface area contributed by atoms with Crippen molar-refractivity contribution in [1.82, 2.24) is 0 Å². The summed E-state index contributed by atoms with van der Waals surface area (Å²) in [5, 5.41) is 0. The van der Waals surface area contributed by atoms with Crippen molar-refractivity contribution in [3.05, 3.63) is 54.6 Å². The van der Waals surface area contributed by atoms with Gasteiger partial charge in [0.1, 0.15) is 0 Å². The third kappa shape index (κ3) is 4.62. The van der Waals surface area contributed by atoms with E-state index in [-0.39, 0.29) is 0 Å². The van der Waals surface area contributed by atoms with E-state index in [1.807, 2.05) is 6.07 Å². The summed E-state index contributed by atoms with van der Waals surface area (Å²) >= 11 is 13.4. The van der Waals surface area contributed by atoms with Crippen molar-refractivity contribution in [1.29, 1.82) is 0 Å². The molecule has 0 bridgehead atoms. The van der Waals surface area contributed by atoms with Crippen LogP contribution < -0.4 is 4.90 Å². The molecule has 0 atom stereocenters. The predicted molar refractivity (Wildman–Crippen MR) is 90.7 cm³/mol. The van der Waals surface area contributed by atoms with Gasteiger partial charge in [-0.15, -0.1) is 23.2 Å². The maximum Gasteiger partial charge on any atom is 0.0399 e. The molecular formula is C16H17Cl2NS. The molecule has 0 aliphatic carbocycles. The lowest BCUT2D eigenvalue weighted by Gasteiger charge is -2.22. The minimum atomic E-state index is 0.609. The van der Waals surface area contributed by atoms with Crippen molar-refractivity contribution < 1.29 is 0 Å². The van der Waals surface area contributed by atoms with Gasteiger partial charge in [-0.25, -0.2) is 0 Å². The first kappa shape index (κ1) is 15.6. The minimum Gasteiger partial charge on any atom is -0.369 e. The number of halogens is 2. The number of rotatable bonds is 7. The Morgan fingerprint density at radius 1 is 0.750 bits per heavy atom. The molecule has 106 valence electrons. The van der Waals surface area contributed by atoms with Crippen LogP contribution >= 0.6 is 35.0 Å². The lowest BCUT2D eigenvalue weighted by Crippen LogP contribution is -2.27. The Kier molecular flexibility index (Phi) is 6.58. The summed E-state index contributed by atoms with van der Waals surface area (Å²) in [4.78, 5) is 4.69. The van der Waals surface area contributed by atoms with E-state index in [9.17, 15) is 0 Å². The highest BCUT2D eigenvalue weighted by Gasteiger charge is 2.05. The van der Waals surface area contributed by atoms with E-state index in [0.717, 1.165) is 13.1 Å². The average Bonchev–Trinajstić information content (AvgIpc) is 2.49. The fourth-order valence-corrected chi connectivity index (χ4v) is 3.17. The Morgan fingerprint density at radius 2 is 1.30 bits per heavy atom. The summed E-state index contributed by atoms with van der Waals surface area (Å²) in [7, 11) is 0. The van der Waals surface area contributed by atoms with E-state index in [1.165, 1.54) is 15.5 Å². The molecular weight excluding hydrogens is 309 g/mol. The maximum atomic E-state index is 5.83. The molecule has 0 saturated carbocycles. The number of hydrogen-bond acceptors (Lipinski definition) is 2. The van der Waals surface area contributed by atoms with Crippen LogP contribution in [0.15, 0.2) is 64.4 Å². The number of alkyl halides is 2. The third-order valence-corrected chi connectivity index (χ3v) is 4.24. The van der Waals surface area contributed by atoms with Gasteiger partial charge in [-0.05, 0) is 36.4 Å². The van der Waals surface area contributed by atoms with E-state index in [0.29, 0.717) is 11.8 Å². The molecule has 0 aromatic heterocycles. The van der Waals surface area contributed by atoms with Gasteiger partial charge in [0, 0.05) is 40.3 Å². The van der Waals surface area contributed by atoms with Gasteiger partial charge in [0.2, 0.25) is 0 Å². The zero-order valence-electron chi connectivity index (χ0n) is 11.1. The highest BCUT2D eigenvalue weighted by molar-refractivity contribution is 7.99. The first-order valence-electron chi connectivity index (χ1n) is 6.53. The van der Waals surface area contributed by atoms with Crippen LogP contribution in [0.2, 0.25) is 0 Å². The van der Waals surface area contributed by atoms with Crippen LogP contribution in [0.5, 0.6) is 0 Å². The first-order chi connectivity index (χ1) is 9.83. The van der Waals surface area contributed by atoms with Crippen LogP contribution in [0.1, 0.15) is 0 Å². The molecule has 0 spiro atoms. The SMILES string of the molecule is ClCCN(CCCl)c1ccc(Sc2ccccc2)cc1. The van der Waals surface area contributed by atoms with Gasteiger partial charge in [0.25, 0.3) is 0 Å². The van der Waals surface area contributed by atoms with Crippen molar-refractivity contribution in [3.8, 4) is 0 Å². The molecule has 0 N–H and O–H groups in total. The molecule has 4 heteroatoms. The zero-order chi connectivity index (χ0) is 14.2. The van der Waals surface area contributed by atoms with Gasteiger partial charge in [-0.1, -0.05) is 30.0 Å². The van der Waals surface area contributed by atoms with Gasteiger partial charge in [0.15, 0.2) is 0 Å². The van der Waals surface area contributed by atoms with E-state index in [2.05, 4.69) is 53.4 Å². The lowest BCUT2D eigenvalue weighted by molar-refractivity contribution is 0.873. The van der Waals surface area contributed by atoms with Crippen molar-refractivity contribution in [2.75, 3.05) is 29.7 Å². The molecule has 0 heterocycles. The summed E-state index contributed by atoms with van der Waals surface area (Å²) in [5.74, 6) is 1.22. The summed E-state index contributed by atoms with van der Waals surface area (Å²) in [6, 6.07) is 18.9. The van der Waals surface area contributed by atoms with Crippen LogP contribution in [0.3, 0.4) is 0 Å². The second-order valence-electron chi connectivity index (χ2n) is 4.27. The van der Waals surface area contributed by atoms with Crippen molar-refractivity contribution >= 4 is 40.7 Å². The van der Waals surface area contributed by atoms with Crippen molar-refractivity contribution in [2.24, 2.45) is 0 Å². The zero-order valence-corrected chi connectivity index (χ0v) is 13.5. The molecule has 1 nitrogen and oxygen atoms in total. The normalized spacial score (nSPS) is 10.5. The highest BCUT2D eigenvalue weighted by Crippen LogP contribution is 2.28. The minimum absolute atomic E-state index is 0.609. The molecule has 0 unspecified atom stereocenters. The molecule has 0 aliphatic heterocycles. The number of hydrogen-bond donors (Lipinski definition) is 0. The predicted octanol–water partition coefficient (Wildman–Crippen LogP) is 5.12. The molecule has 2 aromatic rings. The Hall–Kier alpha value is -0.830. The topological polar surface area (TPSA) is 3.24 Å². The second kappa shape index (κ2) is 8.46. The molecule has 20 heavy (non-hydrogen) atoms. The quantitative estimate of drug-likeness (QED) is 0.650. The van der Waals surface area contributed by atoms with Crippen LogP contribution in [0.4, 0.5) is 5.69 Å². The fourth-order valence-electron chi connectivity index (χ4n) is 1.92. The van der Waals surface area contributed by atoms with Crippen LogP contribution in [-0.4, -0.2) is 24.8 Å². The maximum absolute atomic E-state index is 5.83. The first-order valence-corrected chi connectivity index (χ1v) is 8.42. The molecule has 2 aromatic carbocycles. The summed E-state index contributed by atoms with van der Waals surface area (Å²) in [6.07, 6.45) is 0. The van der Waals surface area contributed by atoms with Crippen molar-refractivity contribution in [2.45, 2.75) is 9.79 Å². The van der Waals surface area contributed by atoms with Gasteiger partial charge >= 0.3 is 0 Å². The largest absolute Gasteiger partial charge is 0.369 e. The van der Waals surface area contributed by atoms with Gasteiger partial charge in [-0.2, -0.15) is 0 Å². The van der Waals surface area contributed by atoms with Crippen molar-refractivity contribution in [3.63, 3.8) is 0 Å². The van der Waals surface area contributed by atoms with Gasteiger partial charge in [0.05, 0.1) is 0 Å². The number of anilines is 1. The Balaban J connectivity index is 2.05. The molecule has 0 fully saturated rings. The summed E-state index contributed by atoms with van der Waals surface area (Å²) in [5.41, 5.74) is 1.17. The van der Waals surface area contributed by atoms with Crippen LogP contribution in [0.25, 0.3) is 0 Å². The molecule has 0 aliphatic rings. The van der Waals surface area contributed by atoms with Gasteiger partial charge in [-0.3, -0.25) is 0 Å². The standard InChI is InChI=1S/C16H17Cl2NS/c17-10-12-19(13-11-18)14-6-8-16(9-7-14)20-15-4-2-1-3-5-15/h1-9H,10-13H2. The Morgan fingerprint density at radius 3 is 1.85 bits per heavy atom. The van der Waals surface area contributed by atoms with Crippen LogP contribution in [-0.2, 0) is 0 Å². The molecule has 0 saturated heterocycles. The molecule has 2 rings (SSSR count). The lowest BCUT2D eigenvalue weighted by atomic mass is 10.3. The number of nitrogens with zero attached hydrogens (tertiary/aromatic N) is 1. The second-order valence-corrected chi connectivity index (χ2v) is 6.18. The average molecular weight is 326 g/mol. The fraction of sp³-hybridized carbons (Fsp3) is 0.250. The smallest absolute Gasteiger partial charge is 0.0399 e. The Labute approximate surface area is 134 Å².